The van der Waals surface area contributed by atoms with Crippen LogP contribution in [-0.2, 0) is 14.4 Å². The summed E-state index contributed by atoms with van der Waals surface area (Å²) in [5, 5.41) is 17.8. The maximum Gasteiger partial charge on any atom is 0.244 e. The second kappa shape index (κ2) is 10.4. The van der Waals surface area contributed by atoms with Gasteiger partial charge in [0, 0.05) is 18.5 Å². The number of carbonyl (C=O) groups is 3. The number of nitrogens with one attached hydrogen (secondary N) is 3. The zero-order valence-corrected chi connectivity index (χ0v) is 18.9. The molecule has 2 bridgehead atoms. The molecule has 1 aromatic carbocycles. The minimum absolute atomic E-state index is 0.0304. The van der Waals surface area contributed by atoms with Gasteiger partial charge in [-0.05, 0) is 69.1 Å². The number of hydrogen-bond donors (Lipinski definition) is 3. The molecule has 5 rings (SSSR count). The van der Waals surface area contributed by atoms with Crippen LogP contribution in [0.3, 0.4) is 0 Å². The Morgan fingerprint density at radius 3 is 2.68 bits per heavy atom. The number of amides is 3. The Morgan fingerprint density at radius 2 is 1.97 bits per heavy atom. The monoisotopic (exact) mass is 473 g/mol. The molecule has 1 saturated carbocycles. The third kappa shape index (κ3) is 5.13. The van der Waals surface area contributed by atoms with Crippen molar-refractivity contribution in [3.05, 3.63) is 29.8 Å². The third-order valence-corrected chi connectivity index (χ3v) is 7.19. The van der Waals surface area contributed by atoms with E-state index in [4.69, 9.17) is 0 Å². The summed E-state index contributed by atoms with van der Waals surface area (Å²) in [5.41, 5.74) is -0.119. The van der Waals surface area contributed by atoms with Crippen molar-refractivity contribution in [2.45, 2.75) is 63.1 Å². The van der Waals surface area contributed by atoms with Crippen molar-refractivity contribution in [1.82, 2.24) is 15.5 Å². The average Bonchev–Trinajstić information content (AvgIpc) is 2.85. The summed E-state index contributed by atoms with van der Waals surface area (Å²) < 4.78 is 27.4. The molecule has 0 aromatic heterocycles. The van der Waals surface area contributed by atoms with E-state index in [1.54, 1.807) is 4.90 Å². The van der Waals surface area contributed by atoms with Crippen LogP contribution >= 0.6 is 0 Å². The first-order valence-electron chi connectivity index (χ1n) is 11.8. The summed E-state index contributed by atoms with van der Waals surface area (Å²) in [5.74, 6) is -2.54. The van der Waals surface area contributed by atoms with E-state index in [2.05, 4.69) is 22.0 Å². The van der Waals surface area contributed by atoms with Gasteiger partial charge in [-0.15, -0.1) is 0 Å². The SMILES string of the molecule is N#C[C@H](C[C@@H]1CCCNC1=O)NC(=O)[C@@H]1C2CCC(CC2)N1C(=O)CNc1cc(F)ccc1F. The Kier molecular flexibility index (Phi) is 7.29. The minimum Gasteiger partial charge on any atom is -0.374 e. The Hall–Kier alpha value is -3.22. The van der Waals surface area contributed by atoms with Gasteiger partial charge in [0.15, 0.2) is 0 Å². The molecule has 0 spiro atoms. The predicted molar refractivity (Wildman–Crippen MR) is 119 cm³/mol. The van der Waals surface area contributed by atoms with Crippen LogP contribution in [0, 0.1) is 34.8 Å². The summed E-state index contributed by atoms with van der Waals surface area (Å²) >= 11 is 0. The lowest BCUT2D eigenvalue weighted by Gasteiger charge is -2.50. The topological polar surface area (TPSA) is 114 Å². The molecule has 3 N–H and O–H groups in total. The van der Waals surface area contributed by atoms with Crippen molar-refractivity contribution < 1.29 is 23.2 Å². The van der Waals surface area contributed by atoms with Crippen molar-refractivity contribution in [3.8, 4) is 6.07 Å². The Morgan fingerprint density at radius 1 is 1.21 bits per heavy atom. The molecule has 3 amide bonds. The molecular formula is C24H29F2N5O3. The largest absolute Gasteiger partial charge is 0.374 e. The average molecular weight is 474 g/mol. The van der Waals surface area contributed by atoms with Gasteiger partial charge in [-0.2, -0.15) is 5.26 Å². The van der Waals surface area contributed by atoms with Gasteiger partial charge < -0.3 is 20.9 Å². The summed E-state index contributed by atoms with van der Waals surface area (Å²) in [6.45, 7) is 0.339. The minimum atomic E-state index is -0.835. The first kappa shape index (κ1) is 23.9. The van der Waals surface area contributed by atoms with E-state index in [0.717, 1.165) is 50.3 Å². The van der Waals surface area contributed by atoms with Crippen molar-refractivity contribution in [2.75, 3.05) is 18.4 Å². The third-order valence-electron chi connectivity index (χ3n) is 7.19. The number of anilines is 1. The highest BCUT2D eigenvalue weighted by molar-refractivity contribution is 5.90. The van der Waals surface area contributed by atoms with Gasteiger partial charge in [0.2, 0.25) is 17.7 Å². The number of nitrogens with zero attached hydrogens (tertiary/aromatic N) is 2. The van der Waals surface area contributed by atoms with Gasteiger partial charge in [-0.1, -0.05) is 0 Å². The van der Waals surface area contributed by atoms with Crippen LogP contribution in [0.1, 0.15) is 44.9 Å². The normalized spacial score (nSPS) is 26.9. The molecule has 3 saturated heterocycles. The summed E-state index contributed by atoms with van der Waals surface area (Å²) in [4.78, 5) is 40.0. The highest BCUT2D eigenvalue weighted by Crippen LogP contribution is 2.40. The smallest absolute Gasteiger partial charge is 0.244 e. The van der Waals surface area contributed by atoms with Crippen molar-refractivity contribution >= 4 is 23.4 Å². The molecule has 3 atom stereocenters. The molecule has 1 aliphatic carbocycles. The number of hydrogen-bond acceptors (Lipinski definition) is 5. The van der Waals surface area contributed by atoms with E-state index in [1.165, 1.54) is 0 Å². The van der Waals surface area contributed by atoms with Gasteiger partial charge in [0.1, 0.15) is 23.7 Å². The molecule has 1 aromatic rings. The molecular weight excluding hydrogens is 444 g/mol. The fraction of sp³-hybridized carbons (Fsp3) is 0.583. The molecule has 182 valence electrons. The number of rotatable bonds is 7. The Labute approximate surface area is 197 Å². The van der Waals surface area contributed by atoms with E-state index < -0.39 is 29.6 Å². The number of piperidine rings is 3. The zero-order valence-electron chi connectivity index (χ0n) is 18.9. The standard InChI is InChI=1S/C24H29F2N5O3/c25-16-5-8-19(26)20(11-16)29-13-21(32)31-18-6-3-14(4-7-18)22(31)24(34)30-17(12-27)10-15-2-1-9-28-23(15)33/h5,8,11,14-15,17-18,22,29H,1-4,6-7,9-10,13H2,(H,28,33)(H,30,34)/t14?,15-,17-,18?,22-/m0/s1. The van der Waals surface area contributed by atoms with Gasteiger partial charge in [-0.25, -0.2) is 8.78 Å². The van der Waals surface area contributed by atoms with E-state index in [9.17, 15) is 28.4 Å². The Balaban J connectivity index is 1.43. The molecule has 3 heterocycles. The van der Waals surface area contributed by atoms with Gasteiger partial charge >= 0.3 is 0 Å². The molecule has 34 heavy (non-hydrogen) atoms. The van der Waals surface area contributed by atoms with E-state index in [-0.39, 0.29) is 48.3 Å². The van der Waals surface area contributed by atoms with Crippen molar-refractivity contribution in [1.29, 1.82) is 5.26 Å². The van der Waals surface area contributed by atoms with Crippen LogP contribution in [-0.4, -0.2) is 53.8 Å². The number of halogens is 2. The van der Waals surface area contributed by atoms with Crippen LogP contribution in [0.4, 0.5) is 14.5 Å². The first-order chi connectivity index (χ1) is 16.4. The van der Waals surface area contributed by atoms with Crippen molar-refractivity contribution in [2.24, 2.45) is 11.8 Å². The second-order valence-corrected chi connectivity index (χ2v) is 9.35. The van der Waals surface area contributed by atoms with Gasteiger partial charge in [0.25, 0.3) is 0 Å². The van der Waals surface area contributed by atoms with Gasteiger partial charge in [0.05, 0.1) is 18.3 Å². The Bertz CT molecular complexity index is 989. The molecule has 8 nitrogen and oxygen atoms in total. The number of carbonyl (C=O) groups excluding carboxylic acids is 3. The van der Waals surface area contributed by atoms with Gasteiger partial charge in [-0.3, -0.25) is 14.4 Å². The fourth-order valence-corrected chi connectivity index (χ4v) is 5.49. The van der Waals surface area contributed by atoms with Crippen molar-refractivity contribution in [3.63, 3.8) is 0 Å². The predicted octanol–water partition coefficient (Wildman–Crippen LogP) is 2.07. The summed E-state index contributed by atoms with van der Waals surface area (Å²) in [6.07, 6.45) is 4.89. The van der Waals surface area contributed by atoms with Crippen LogP contribution in [0.15, 0.2) is 18.2 Å². The van der Waals surface area contributed by atoms with Crippen LogP contribution in [0.25, 0.3) is 0 Å². The van der Waals surface area contributed by atoms with Crippen LogP contribution in [0.2, 0.25) is 0 Å². The molecule has 0 radical (unpaired) electrons. The second-order valence-electron chi connectivity index (χ2n) is 9.35. The number of fused-ring (bicyclic) bond motifs is 3. The van der Waals surface area contributed by atoms with E-state index >= 15 is 0 Å². The van der Waals surface area contributed by atoms with Crippen LogP contribution < -0.4 is 16.0 Å². The lowest BCUT2D eigenvalue weighted by atomic mass is 9.74. The summed E-state index contributed by atoms with van der Waals surface area (Å²) in [7, 11) is 0. The number of nitriles is 1. The first-order valence-corrected chi connectivity index (χ1v) is 11.8. The fourth-order valence-electron chi connectivity index (χ4n) is 5.49. The molecule has 0 unspecified atom stereocenters. The molecule has 10 heteroatoms. The summed E-state index contributed by atoms with van der Waals surface area (Å²) in [6, 6.07) is 3.36. The quantitative estimate of drug-likeness (QED) is 0.561. The molecule has 4 aliphatic rings. The van der Waals surface area contributed by atoms with E-state index in [1.807, 2.05) is 0 Å². The highest BCUT2D eigenvalue weighted by atomic mass is 19.1. The van der Waals surface area contributed by atoms with E-state index in [0.29, 0.717) is 13.0 Å². The lowest BCUT2D eigenvalue weighted by Crippen LogP contribution is -2.64. The lowest BCUT2D eigenvalue weighted by molar-refractivity contribution is -0.152. The molecule has 4 fully saturated rings. The maximum absolute atomic E-state index is 13.9. The van der Waals surface area contributed by atoms with Crippen LogP contribution in [0.5, 0.6) is 0 Å². The number of benzene rings is 1. The molecule has 3 aliphatic heterocycles. The maximum atomic E-state index is 13.9. The zero-order chi connectivity index (χ0) is 24.2. The highest BCUT2D eigenvalue weighted by Gasteiger charge is 2.47.